The van der Waals surface area contributed by atoms with Gasteiger partial charge in [0.15, 0.2) is 0 Å². The van der Waals surface area contributed by atoms with E-state index in [4.69, 9.17) is 28.5 Å². The summed E-state index contributed by atoms with van der Waals surface area (Å²) in [6, 6.07) is 7.80. The number of amides is 2. The quantitative estimate of drug-likeness (QED) is 0.221. The molecule has 13 heteroatoms. The van der Waals surface area contributed by atoms with Crippen LogP contribution in [0.25, 0.3) is 5.52 Å². The zero-order valence-electron chi connectivity index (χ0n) is 22.8. The lowest BCUT2D eigenvalue weighted by Crippen LogP contribution is -2.51. The van der Waals surface area contributed by atoms with Crippen LogP contribution in [-0.4, -0.2) is 75.3 Å². The second-order valence-corrected chi connectivity index (χ2v) is 11.3. The van der Waals surface area contributed by atoms with Gasteiger partial charge in [0.25, 0.3) is 11.8 Å². The predicted octanol–water partition coefficient (Wildman–Crippen LogP) is 3.40. The maximum atomic E-state index is 13.3. The SMILES string of the molecule is C[C@H]1CCN(/C(=N\C#N)NC[C@H](NC(=O)c2c(Cl)cc3c(c2Cl)CCN(C(=O)c2cc4ccccn4c2)C3)C(=O)O)C1. The molecule has 0 radical (unpaired) electrons. The van der Waals surface area contributed by atoms with Crippen LogP contribution >= 0.6 is 23.2 Å². The number of guanidine groups is 1. The fourth-order valence-corrected chi connectivity index (χ4v) is 6.17. The Bertz CT molecular complexity index is 1600. The number of hydrogen-bond acceptors (Lipinski definition) is 5. The van der Waals surface area contributed by atoms with Gasteiger partial charge in [0.1, 0.15) is 6.04 Å². The lowest BCUT2D eigenvalue weighted by Gasteiger charge is -2.30. The van der Waals surface area contributed by atoms with Crippen LogP contribution in [-0.2, 0) is 17.8 Å². The summed E-state index contributed by atoms with van der Waals surface area (Å²) in [5.41, 5.74) is 2.86. The Morgan fingerprint density at radius 2 is 2.02 bits per heavy atom. The van der Waals surface area contributed by atoms with E-state index < -0.39 is 17.9 Å². The molecule has 4 heterocycles. The van der Waals surface area contributed by atoms with Gasteiger partial charge in [0.05, 0.1) is 21.2 Å². The van der Waals surface area contributed by atoms with Gasteiger partial charge < -0.3 is 29.9 Å². The van der Waals surface area contributed by atoms with E-state index in [2.05, 4.69) is 22.5 Å². The first kappa shape index (κ1) is 29.2. The maximum Gasteiger partial charge on any atom is 0.328 e. The van der Waals surface area contributed by atoms with E-state index in [1.807, 2.05) is 39.8 Å². The molecule has 1 fully saturated rings. The molecule has 0 saturated carbocycles. The van der Waals surface area contributed by atoms with Gasteiger partial charge in [-0.25, -0.2) is 4.79 Å². The van der Waals surface area contributed by atoms with Crippen molar-refractivity contribution in [1.29, 1.82) is 5.26 Å². The molecule has 0 unspecified atom stereocenters. The minimum Gasteiger partial charge on any atom is -0.480 e. The molecule has 2 aliphatic heterocycles. The Morgan fingerprint density at radius 1 is 1.21 bits per heavy atom. The number of carboxylic acids is 1. The minimum absolute atomic E-state index is 0.0268. The minimum atomic E-state index is -1.35. The molecule has 1 saturated heterocycles. The largest absolute Gasteiger partial charge is 0.480 e. The van der Waals surface area contributed by atoms with Crippen LogP contribution in [0.15, 0.2) is 47.7 Å². The van der Waals surface area contributed by atoms with Crippen molar-refractivity contribution < 1.29 is 19.5 Å². The van der Waals surface area contributed by atoms with Crippen molar-refractivity contribution in [3.05, 3.63) is 75.0 Å². The van der Waals surface area contributed by atoms with Gasteiger partial charge in [0, 0.05) is 50.6 Å². The Morgan fingerprint density at radius 3 is 2.71 bits per heavy atom. The number of hydrogen-bond donors (Lipinski definition) is 3. The van der Waals surface area contributed by atoms with Crippen molar-refractivity contribution in [2.24, 2.45) is 10.9 Å². The van der Waals surface area contributed by atoms with Crippen LogP contribution in [0.2, 0.25) is 10.0 Å². The van der Waals surface area contributed by atoms with Gasteiger partial charge in [0.2, 0.25) is 12.2 Å². The van der Waals surface area contributed by atoms with Crippen molar-refractivity contribution >= 4 is 52.5 Å². The number of likely N-dealkylation sites (tertiary alicyclic amines) is 1. The number of halogens is 2. The van der Waals surface area contributed by atoms with Gasteiger partial charge in [-0.1, -0.05) is 36.2 Å². The van der Waals surface area contributed by atoms with E-state index in [0.717, 1.165) is 17.5 Å². The molecule has 218 valence electrons. The van der Waals surface area contributed by atoms with Crippen LogP contribution < -0.4 is 10.6 Å². The zero-order valence-corrected chi connectivity index (χ0v) is 24.3. The summed E-state index contributed by atoms with van der Waals surface area (Å²) in [4.78, 5) is 45.9. The Balaban J connectivity index is 1.29. The molecule has 2 amide bonds. The van der Waals surface area contributed by atoms with Gasteiger partial charge in [-0.2, -0.15) is 5.26 Å². The number of nitrogens with one attached hydrogen (secondary N) is 2. The third-order valence-corrected chi connectivity index (χ3v) is 8.33. The van der Waals surface area contributed by atoms with Crippen LogP contribution in [0.5, 0.6) is 0 Å². The molecule has 2 aromatic heterocycles. The van der Waals surface area contributed by atoms with Gasteiger partial charge in [-0.05, 0) is 54.2 Å². The molecule has 2 atom stereocenters. The average Bonchev–Trinajstić information content (AvgIpc) is 3.60. The summed E-state index contributed by atoms with van der Waals surface area (Å²) in [5.74, 6) is -1.47. The van der Waals surface area contributed by atoms with Crippen LogP contribution in [0.1, 0.15) is 45.2 Å². The lowest BCUT2D eigenvalue weighted by molar-refractivity contribution is -0.139. The number of carbonyl (C=O) groups excluding carboxylic acids is 2. The van der Waals surface area contributed by atoms with E-state index in [9.17, 15) is 19.5 Å². The second-order valence-electron chi connectivity index (χ2n) is 10.5. The number of pyridine rings is 1. The molecular formula is C29H29Cl2N7O4. The van der Waals surface area contributed by atoms with Crippen molar-refractivity contribution in [2.75, 3.05) is 26.2 Å². The normalized spacial score (nSPS) is 17.5. The molecule has 3 N–H and O–H groups in total. The molecule has 42 heavy (non-hydrogen) atoms. The molecule has 0 spiro atoms. The van der Waals surface area contributed by atoms with Crippen LogP contribution in [0.4, 0.5) is 0 Å². The maximum absolute atomic E-state index is 13.3. The Hall–Kier alpha value is -4.27. The number of aliphatic imine (C=N–C) groups is 1. The van der Waals surface area contributed by atoms with Gasteiger partial charge in [-0.15, -0.1) is 4.99 Å². The highest BCUT2D eigenvalue weighted by atomic mass is 35.5. The first-order valence-electron chi connectivity index (χ1n) is 13.5. The van der Waals surface area contributed by atoms with E-state index in [-0.39, 0.29) is 40.6 Å². The number of carbonyl (C=O) groups is 3. The summed E-state index contributed by atoms with van der Waals surface area (Å²) >= 11 is 13.2. The average molecular weight is 611 g/mol. The first-order valence-corrected chi connectivity index (χ1v) is 14.3. The number of aliphatic carboxylic acids is 1. The number of nitriles is 1. The molecule has 0 bridgehead atoms. The number of benzene rings is 1. The molecule has 2 aliphatic rings. The third kappa shape index (κ3) is 6.00. The molecule has 0 aliphatic carbocycles. The van der Waals surface area contributed by atoms with E-state index >= 15 is 0 Å². The molecule has 5 rings (SSSR count). The van der Waals surface area contributed by atoms with Crippen molar-refractivity contribution in [3.8, 4) is 6.19 Å². The molecule has 1 aromatic carbocycles. The number of aromatic nitrogens is 1. The highest BCUT2D eigenvalue weighted by Gasteiger charge is 2.30. The van der Waals surface area contributed by atoms with Gasteiger partial charge in [-0.3, -0.25) is 9.59 Å². The smallest absolute Gasteiger partial charge is 0.328 e. The molecule has 11 nitrogen and oxygen atoms in total. The number of carboxylic acid groups (broad SMARTS) is 1. The summed E-state index contributed by atoms with van der Waals surface area (Å²) in [7, 11) is 0. The first-order chi connectivity index (χ1) is 20.2. The van der Waals surface area contributed by atoms with Crippen molar-refractivity contribution in [3.63, 3.8) is 0 Å². The fourth-order valence-electron chi connectivity index (χ4n) is 5.41. The summed E-state index contributed by atoms with van der Waals surface area (Å²) < 4.78 is 1.88. The number of nitrogens with zero attached hydrogens (tertiary/aromatic N) is 5. The molecule has 3 aromatic rings. The van der Waals surface area contributed by atoms with E-state index in [1.165, 1.54) is 0 Å². The fraction of sp³-hybridized carbons (Fsp3) is 0.345. The van der Waals surface area contributed by atoms with E-state index in [0.29, 0.717) is 43.1 Å². The molecular weight excluding hydrogens is 581 g/mol. The highest BCUT2D eigenvalue weighted by molar-refractivity contribution is 6.40. The van der Waals surface area contributed by atoms with Crippen LogP contribution in [0, 0.1) is 17.4 Å². The Labute approximate surface area is 252 Å². The van der Waals surface area contributed by atoms with Crippen molar-refractivity contribution in [2.45, 2.75) is 32.4 Å². The van der Waals surface area contributed by atoms with Gasteiger partial charge >= 0.3 is 5.97 Å². The topological polar surface area (TPSA) is 143 Å². The van der Waals surface area contributed by atoms with E-state index in [1.54, 1.807) is 23.4 Å². The monoisotopic (exact) mass is 609 g/mol. The Kier molecular flexibility index (Phi) is 8.56. The zero-order chi connectivity index (χ0) is 30.0. The lowest BCUT2D eigenvalue weighted by atomic mass is 9.96. The van der Waals surface area contributed by atoms with Crippen molar-refractivity contribution in [1.82, 2.24) is 24.8 Å². The predicted molar refractivity (Wildman–Crippen MR) is 158 cm³/mol. The third-order valence-electron chi connectivity index (χ3n) is 7.62. The number of rotatable bonds is 6. The second kappa shape index (κ2) is 12.3. The van der Waals surface area contributed by atoms with Crippen LogP contribution in [0.3, 0.4) is 0 Å². The summed E-state index contributed by atoms with van der Waals surface area (Å²) in [6.45, 7) is 3.89. The summed E-state index contributed by atoms with van der Waals surface area (Å²) in [5, 5.41) is 24.4. The summed E-state index contributed by atoms with van der Waals surface area (Å²) in [6.07, 6.45) is 6.73. The number of fused-ring (bicyclic) bond motifs is 2. The highest BCUT2D eigenvalue weighted by Crippen LogP contribution is 2.35. The standard InChI is InChI=1S/C29H29Cl2N7O4/c1-17-5-8-38(13-17)29(34-16-32)33-12-23(28(41)42)35-26(39)24-22(30)11-18-14-37(9-6-21(18)25(24)31)27(40)19-10-20-4-2-3-7-36(20)15-19/h2-4,7,10-11,15,17,23H,5-6,8-9,12-14H2,1H3,(H,33,34)(H,35,39)(H,41,42)/t17-,23-/m0/s1.